The lowest BCUT2D eigenvalue weighted by molar-refractivity contribution is 0.0697. The number of anilines is 2. The molecular weight excluding hydrogens is 330 g/mol. The van der Waals surface area contributed by atoms with Gasteiger partial charge in [-0.25, -0.2) is 4.79 Å². The second kappa shape index (κ2) is 10.2. The molecule has 0 aliphatic rings. The van der Waals surface area contributed by atoms with Crippen LogP contribution >= 0.6 is 0 Å². The van der Waals surface area contributed by atoms with Crippen LogP contribution in [-0.4, -0.2) is 42.1 Å². The van der Waals surface area contributed by atoms with Crippen molar-refractivity contribution in [2.24, 2.45) is 5.10 Å². The van der Waals surface area contributed by atoms with Crippen molar-refractivity contribution in [2.45, 2.75) is 19.8 Å². The number of benzene rings is 2. The Morgan fingerprint density at radius 2 is 1.81 bits per heavy atom. The first-order valence-corrected chi connectivity index (χ1v) is 8.72. The molecule has 0 fully saturated rings. The molecule has 0 aliphatic heterocycles. The van der Waals surface area contributed by atoms with Gasteiger partial charge in [-0.15, -0.1) is 0 Å². The largest absolute Gasteiger partial charge is 0.478 e. The minimum absolute atomic E-state index is 0.235. The fourth-order valence-electron chi connectivity index (χ4n) is 2.52. The third kappa shape index (κ3) is 5.89. The monoisotopic (exact) mass is 355 g/mol. The zero-order valence-corrected chi connectivity index (χ0v) is 14.9. The van der Waals surface area contributed by atoms with Crippen molar-refractivity contribution in [1.82, 2.24) is 0 Å². The molecule has 0 amide bonds. The van der Waals surface area contributed by atoms with E-state index in [4.69, 9.17) is 10.2 Å². The summed E-state index contributed by atoms with van der Waals surface area (Å²) in [7, 11) is 0. The summed E-state index contributed by atoms with van der Waals surface area (Å²) in [5, 5.41) is 21.9. The number of aliphatic hydroxyl groups excluding tert-OH is 1. The van der Waals surface area contributed by atoms with Crippen molar-refractivity contribution in [3.8, 4) is 0 Å². The van der Waals surface area contributed by atoms with Crippen LogP contribution in [0.3, 0.4) is 0 Å². The molecule has 3 N–H and O–H groups in total. The topological polar surface area (TPSA) is 85.2 Å². The lowest BCUT2D eigenvalue weighted by Crippen LogP contribution is -2.24. The number of hydrogen-bond donors (Lipinski definition) is 3. The summed E-state index contributed by atoms with van der Waals surface area (Å²) in [6.07, 6.45) is 3.51. The predicted octanol–water partition coefficient (Wildman–Crippen LogP) is 3.43. The van der Waals surface area contributed by atoms with Gasteiger partial charge in [-0.1, -0.05) is 12.1 Å². The smallest absolute Gasteiger partial charge is 0.335 e. The van der Waals surface area contributed by atoms with Gasteiger partial charge >= 0.3 is 5.97 Å². The van der Waals surface area contributed by atoms with Crippen LogP contribution < -0.4 is 10.3 Å². The van der Waals surface area contributed by atoms with Crippen LogP contribution in [0.5, 0.6) is 0 Å². The maximum atomic E-state index is 10.8. The van der Waals surface area contributed by atoms with Crippen LogP contribution in [0, 0.1) is 0 Å². The summed E-state index contributed by atoms with van der Waals surface area (Å²) in [5.41, 5.74) is 5.98. The maximum Gasteiger partial charge on any atom is 0.335 e. The SMILES string of the molecule is CCN(CCCCO)c1ccc(C=NNc2ccc(C(=O)O)cc2)cc1. The second-order valence-corrected chi connectivity index (χ2v) is 5.85. The van der Waals surface area contributed by atoms with E-state index in [-0.39, 0.29) is 12.2 Å². The standard InChI is InChI=1S/C20H25N3O3/c1-2-23(13-3-4-14-24)19-11-5-16(6-12-19)15-21-22-18-9-7-17(8-10-18)20(25)26/h5-12,15,22,24H,2-4,13-14H2,1H3,(H,25,26). The van der Waals surface area contributed by atoms with Gasteiger partial charge in [-0.2, -0.15) is 5.10 Å². The summed E-state index contributed by atoms with van der Waals surface area (Å²) >= 11 is 0. The highest BCUT2D eigenvalue weighted by Gasteiger charge is 2.03. The number of nitrogens with one attached hydrogen (secondary N) is 1. The number of hydrazone groups is 1. The van der Waals surface area contributed by atoms with Crippen LogP contribution in [0.4, 0.5) is 11.4 Å². The van der Waals surface area contributed by atoms with E-state index < -0.39 is 5.97 Å². The van der Waals surface area contributed by atoms with E-state index in [1.807, 2.05) is 12.1 Å². The Bertz CT molecular complexity index is 712. The van der Waals surface area contributed by atoms with Gasteiger partial charge in [-0.3, -0.25) is 5.43 Å². The predicted molar refractivity (Wildman–Crippen MR) is 105 cm³/mol. The van der Waals surface area contributed by atoms with E-state index in [2.05, 4.69) is 34.5 Å². The molecule has 0 unspecified atom stereocenters. The highest BCUT2D eigenvalue weighted by molar-refractivity contribution is 5.88. The summed E-state index contributed by atoms with van der Waals surface area (Å²) in [4.78, 5) is 13.1. The summed E-state index contributed by atoms with van der Waals surface area (Å²) < 4.78 is 0. The second-order valence-electron chi connectivity index (χ2n) is 5.85. The minimum Gasteiger partial charge on any atom is -0.478 e. The zero-order chi connectivity index (χ0) is 18.8. The molecule has 0 aromatic heterocycles. The molecule has 0 heterocycles. The van der Waals surface area contributed by atoms with Crippen molar-refractivity contribution < 1.29 is 15.0 Å². The first-order chi connectivity index (χ1) is 12.6. The molecule has 6 nitrogen and oxygen atoms in total. The van der Waals surface area contributed by atoms with Gasteiger partial charge in [0.2, 0.25) is 0 Å². The molecule has 0 atom stereocenters. The molecule has 6 heteroatoms. The molecule has 0 saturated heterocycles. The molecule has 2 aromatic rings. The Morgan fingerprint density at radius 3 is 2.38 bits per heavy atom. The fourth-order valence-corrected chi connectivity index (χ4v) is 2.52. The maximum absolute atomic E-state index is 10.8. The third-order valence-corrected chi connectivity index (χ3v) is 4.02. The number of aromatic carboxylic acids is 1. The molecule has 0 aliphatic carbocycles. The molecule has 0 spiro atoms. The first kappa shape index (κ1) is 19.5. The summed E-state index contributed by atoms with van der Waals surface area (Å²) in [6.45, 7) is 4.21. The molecule has 138 valence electrons. The van der Waals surface area contributed by atoms with Gasteiger partial charge in [0.1, 0.15) is 0 Å². The van der Waals surface area contributed by atoms with Crippen LogP contribution in [0.1, 0.15) is 35.7 Å². The number of hydrogen-bond acceptors (Lipinski definition) is 5. The Hall–Kier alpha value is -2.86. The Morgan fingerprint density at radius 1 is 1.12 bits per heavy atom. The lowest BCUT2D eigenvalue weighted by atomic mass is 10.2. The van der Waals surface area contributed by atoms with E-state index >= 15 is 0 Å². The van der Waals surface area contributed by atoms with Gasteiger partial charge in [-0.05, 0) is 61.7 Å². The van der Waals surface area contributed by atoms with Gasteiger partial charge in [0.05, 0.1) is 17.5 Å². The molecule has 0 bridgehead atoms. The normalized spacial score (nSPS) is 10.8. The molecule has 2 rings (SSSR count). The van der Waals surface area contributed by atoms with Crippen LogP contribution in [0.2, 0.25) is 0 Å². The number of unbranched alkanes of at least 4 members (excludes halogenated alkanes) is 1. The quantitative estimate of drug-likeness (QED) is 0.345. The first-order valence-electron chi connectivity index (χ1n) is 8.72. The molecule has 26 heavy (non-hydrogen) atoms. The molecule has 2 aromatic carbocycles. The van der Waals surface area contributed by atoms with Crippen molar-refractivity contribution in [3.05, 3.63) is 59.7 Å². The van der Waals surface area contributed by atoms with Crippen molar-refractivity contribution in [3.63, 3.8) is 0 Å². The number of nitrogens with zero attached hydrogens (tertiary/aromatic N) is 2. The van der Waals surface area contributed by atoms with Gasteiger partial charge in [0, 0.05) is 25.4 Å². The average Bonchev–Trinajstić information content (AvgIpc) is 2.66. The Kier molecular flexibility index (Phi) is 7.64. The number of aliphatic hydroxyl groups is 1. The molecule has 0 radical (unpaired) electrons. The summed E-state index contributed by atoms with van der Waals surface area (Å²) in [5.74, 6) is -0.947. The number of carboxylic acids is 1. The van der Waals surface area contributed by atoms with Crippen molar-refractivity contribution >= 4 is 23.6 Å². The van der Waals surface area contributed by atoms with Crippen LogP contribution in [-0.2, 0) is 0 Å². The third-order valence-electron chi connectivity index (χ3n) is 4.02. The number of carboxylic acid groups (broad SMARTS) is 1. The van der Waals surface area contributed by atoms with E-state index in [1.165, 1.54) is 12.1 Å². The van der Waals surface area contributed by atoms with Gasteiger partial charge < -0.3 is 15.1 Å². The molecular formula is C20H25N3O3. The van der Waals surface area contributed by atoms with E-state index in [1.54, 1.807) is 18.3 Å². The van der Waals surface area contributed by atoms with Crippen molar-refractivity contribution in [1.29, 1.82) is 0 Å². The highest BCUT2D eigenvalue weighted by Crippen LogP contribution is 2.15. The van der Waals surface area contributed by atoms with Gasteiger partial charge in [0.15, 0.2) is 0 Å². The highest BCUT2D eigenvalue weighted by atomic mass is 16.4. The average molecular weight is 355 g/mol. The van der Waals surface area contributed by atoms with Gasteiger partial charge in [0.25, 0.3) is 0 Å². The number of rotatable bonds is 10. The lowest BCUT2D eigenvalue weighted by Gasteiger charge is -2.23. The Balaban J connectivity index is 1.91. The summed E-state index contributed by atoms with van der Waals surface area (Å²) in [6, 6.07) is 14.5. The van der Waals surface area contributed by atoms with Crippen LogP contribution in [0.25, 0.3) is 0 Å². The zero-order valence-electron chi connectivity index (χ0n) is 14.9. The van der Waals surface area contributed by atoms with E-state index in [0.717, 1.165) is 42.9 Å². The van der Waals surface area contributed by atoms with E-state index in [9.17, 15) is 4.79 Å². The van der Waals surface area contributed by atoms with Crippen LogP contribution in [0.15, 0.2) is 53.6 Å². The Labute approximate surface area is 153 Å². The fraction of sp³-hybridized carbons (Fsp3) is 0.300. The molecule has 0 saturated carbocycles. The number of carbonyl (C=O) groups is 1. The van der Waals surface area contributed by atoms with Crippen molar-refractivity contribution in [2.75, 3.05) is 30.0 Å². The van der Waals surface area contributed by atoms with E-state index in [0.29, 0.717) is 0 Å². The minimum atomic E-state index is -0.947.